The zero-order chi connectivity index (χ0) is 26.5. The van der Waals surface area contributed by atoms with E-state index in [1.807, 2.05) is 13.8 Å². The summed E-state index contributed by atoms with van der Waals surface area (Å²) < 4.78 is 0. The molecule has 4 nitrogen and oxygen atoms in total. The standard InChI is InChI=1S/C32H50O4/c1-6-32(36,7-2)19-10-8-9-13-29(34)23(4)27-16-17-28-24(12-11-18-31(27,28)5)14-15-25-20-26(33)21-30(35)22(25)3/h14-15,23,26-30,33-36H,3,6-8,10-12,16-21H2,1-2,4-5H3/b24-14+,25-15-/t23-,26+,27+,28-,29-,30-,31+/m0/s1. The van der Waals surface area contributed by atoms with Crippen LogP contribution in [0.4, 0.5) is 0 Å². The van der Waals surface area contributed by atoms with Gasteiger partial charge in [-0.2, -0.15) is 0 Å². The number of fused-ring (bicyclic) bond motifs is 1. The van der Waals surface area contributed by atoms with Gasteiger partial charge in [0.2, 0.25) is 0 Å². The Morgan fingerprint density at radius 2 is 1.92 bits per heavy atom. The summed E-state index contributed by atoms with van der Waals surface area (Å²) in [5, 5.41) is 41.7. The molecule has 0 unspecified atom stereocenters. The van der Waals surface area contributed by atoms with Crippen molar-refractivity contribution in [1.29, 1.82) is 0 Å². The minimum atomic E-state index is -0.654. The Labute approximate surface area is 219 Å². The van der Waals surface area contributed by atoms with E-state index in [2.05, 4.69) is 44.4 Å². The van der Waals surface area contributed by atoms with Crippen LogP contribution in [0.5, 0.6) is 0 Å². The summed E-state index contributed by atoms with van der Waals surface area (Å²) in [7, 11) is 0. The molecule has 0 heterocycles. The summed E-state index contributed by atoms with van der Waals surface area (Å²) in [4.78, 5) is 0. The second kappa shape index (κ2) is 12.4. The van der Waals surface area contributed by atoms with Gasteiger partial charge in [0.25, 0.3) is 0 Å². The van der Waals surface area contributed by atoms with Crippen LogP contribution in [0.2, 0.25) is 0 Å². The number of allylic oxidation sites excluding steroid dienone is 3. The van der Waals surface area contributed by atoms with Gasteiger partial charge in [0.05, 0.1) is 17.8 Å². The van der Waals surface area contributed by atoms with Gasteiger partial charge >= 0.3 is 0 Å². The van der Waals surface area contributed by atoms with Crippen molar-refractivity contribution in [1.82, 2.24) is 0 Å². The van der Waals surface area contributed by atoms with Crippen LogP contribution in [0.3, 0.4) is 0 Å². The minimum Gasteiger partial charge on any atom is -0.393 e. The van der Waals surface area contributed by atoms with Crippen molar-refractivity contribution in [2.75, 3.05) is 0 Å². The summed E-state index contributed by atoms with van der Waals surface area (Å²) >= 11 is 0. The van der Waals surface area contributed by atoms with E-state index in [1.54, 1.807) is 0 Å². The van der Waals surface area contributed by atoms with E-state index in [0.717, 1.165) is 62.5 Å². The third-order valence-electron chi connectivity index (χ3n) is 9.94. The lowest BCUT2D eigenvalue weighted by atomic mass is 9.60. The van der Waals surface area contributed by atoms with E-state index in [0.29, 0.717) is 31.1 Å². The van der Waals surface area contributed by atoms with E-state index in [-0.39, 0.29) is 11.3 Å². The molecule has 3 aliphatic carbocycles. The maximum absolute atomic E-state index is 10.9. The average molecular weight is 499 g/mol. The molecule has 0 aromatic rings. The van der Waals surface area contributed by atoms with E-state index in [1.165, 1.54) is 12.0 Å². The second-order valence-corrected chi connectivity index (χ2v) is 12.1. The fourth-order valence-corrected chi connectivity index (χ4v) is 7.25. The van der Waals surface area contributed by atoms with Crippen molar-refractivity contribution in [3.63, 3.8) is 0 Å². The molecule has 0 radical (unpaired) electrons. The molecule has 7 atom stereocenters. The average Bonchev–Trinajstić information content (AvgIpc) is 3.21. The summed E-state index contributed by atoms with van der Waals surface area (Å²) in [5.41, 5.74) is 2.75. The molecule has 0 aromatic carbocycles. The highest BCUT2D eigenvalue weighted by molar-refractivity contribution is 5.38. The molecule has 4 heteroatoms. The molecule has 0 spiro atoms. The molecule has 0 bridgehead atoms. The Morgan fingerprint density at radius 3 is 2.61 bits per heavy atom. The summed E-state index contributed by atoms with van der Waals surface area (Å²) in [6, 6.07) is 0. The van der Waals surface area contributed by atoms with Crippen molar-refractivity contribution in [2.24, 2.45) is 23.2 Å². The fourth-order valence-electron chi connectivity index (χ4n) is 7.25. The van der Waals surface area contributed by atoms with Gasteiger partial charge in [-0.1, -0.05) is 57.9 Å². The SMILES string of the molecule is C=C1/C(=C\C=C2/CCC[C@]3(C)[C@@H]([C@H](C)[C@@H](O)C#CCCCC(O)(CC)CC)CC[C@@H]23)C[C@@H](O)C[C@@H]1O. The summed E-state index contributed by atoms with van der Waals surface area (Å²) in [6.45, 7) is 12.7. The van der Waals surface area contributed by atoms with Gasteiger partial charge in [-0.15, -0.1) is 5.92 Å². The number of rotatable bonds is 8. The molecule has 0 aliphatic heterocycles. The van der Waals surface area contributed by atoms with Crippen molar-refractivity contribution < 1.29 is 20.4 Å². The zero-order valence-electron chi connectivity index (χ0n) is 23.1. The highest BCUT2D eigenvalue weighted by Crippen LogP contribution is 2.59. The van der Waals surface area contributed by atoms with Gasteiger partial charge in [0, 0.05) is 12.8 Å². The predicted octanol–water partition coefficient (Wildman–Crippen LogP) is 5.85. The molecular weight excluding hydrogens is 448 g/mol. The van der Waals surface area contributed by atoms with Crippen LogP contribution < -0.4 is 0 Å². The van der Waals surface area contributed by atoms with Crippen molar-refractivity contribution >= 4 is 0 Å². The van der Waals surface area contributed by atoms with E-state index in [9.17, 15) is 20.4 Å². The van der Waals surface area contributed by atoms with Crippen molar-refractivity contribution in [3.05, 3.63) is 35.5 Å². The first-order chi connectivity index (χ1) is 17.0. The smallest absolute Gasteiger partial charge is 0.117 e. The first kappa shape index (κ1) is 29.2. The molecule has 3 aliphatic rings. The Hall–Kier alpha value is -1.38. The largest absolute Gasteiger partial charge is 0.393 e. The Kier molecular flexibility index (Phi) is 10.1. The normalized spacial score (nSPS) is 34.8. The molecule has 3 saturated carbocycles. The number of aliphatic hydroxyl groups excluding tert-OH is 3. The number of hydrogen-bond donors (Lipinski definition) is 4. The molecule has 0 aromatic heterocycles. The van der Waals surface area contributed by atoms with Gasteiger partial charge in [-0.05, 0) is 98.5 Å². The van der Waals surface area contributed by atoms with Crippen LogP contribution >= 0.6 is 0 Å². The summed E-state index contributed by atoms with van der Waals surface area (Å²) in [6.07, 6.45) is 13.0. The minimum absolute atomic E-state index is 0.122. The van der Waals surface area contributed by atoms with E-state index >= 15 is 0 Å². The molecule has 0 amide bonds. The monoisotopic (exact) mass is 498 g/mol. The zero-order valence-corrected chi connectivity index (χ0v) is 23.1. The van der Waals surface area contributed by atoms with Crippen LogP contribution in [-0.2, 0) is 0 Å². The van der Waals surface area contributed by atoms with E-state index < -0.39 is 23.9 Å². The highest BCUT2D eigenvalue weighted by Gasteiger charge is 2.51. The quantitative estimate of drug-likeness (QED) is 0.250. The molecule has 36 heavy (non-hydrogen) atoms. The fraction of sp³-hybridized carbons (Fsp3) is 0.750. The van der Waals surface area contributed by atoms with E-state index in [4.69, 9.17) is 0 Å². The van der Waals surface area contributed by atoms with Crippen LogP contribution in [0.15, 0.2) is 35.5 Å². The van der Waals surface area contributed by atoms with Crippen molar-refractivity contribution in [2.45, 2.75) is 129 Å². The van der Waals surface area contributed by atoms with Crippen LogP contribution in [-0.4, -0.2) is 44.3 Å². The molecule has 202 valence electrons. The number of unbranched alkanes of at least 4 members (excludes halogenated alkanes) is 1. The van der Waals surface area contributed by atoms with Gasteiger partial charge in [0.15, 0.2) is 0 Å². The third-order valence-corrected chi connectivity index (χ3v) is 9.94. The van der Waals surface area contributed by atoms with Crippen LogP contribution in [0, 0.1) is 35.0 Å². The second-order valence-electron chi connectivity index (χ2n) is 12.1. The molecule has 4 N–H and O–H groups in total. The van der Waals surface area contributed by atoms with Gasteiger partial charge in [0.1, 0.15) is 6.10 Å². The lowest BCUT2D eigenvalue weighted by Gasteiger charge is -2.44. The Morgan fingerprint density at radius 1 is 1.19 bits per heavy atom. The number of hydrogen-bond acceptors (Lipinski definition) is 4. The van der Waals surface area contributed by atoms with Crippen LogP contribution in [0.25, 0.3) is 0 Å². The van der Waals surface area contributed by atoms with Gasteiger partial charge < -0.3 is 20.4 Å². The van der Waals surface area contributed by atoms with Gasteiger partial charge in [-0.3, -0.25) is 0 Å². The molecule has 0 saturated heterocycles. The maximum atomic E-state index is 10.9. The lowest BCUT2D eigenvalue weighted by Crippen LogP contribution is -2.39. The molecular formula is C32H50O4. The van der Waals surface area contributed by atoms with Crippen molar-refractivity contribution in [3.8, 4) is 11.8 Å². The first-order valence-corrected chi connectivity index (χ1v) is 14.4. The topological polar surface area (TPSA) is 80.9 Å². The van der Waals surface area contributed by atoms with Gasteiger partial charge in [-0.25, -0.2) is 0 Å². The summed E-state index contributed by atoms with van der Waals surface area (Å²) in [5.74, 6) is 7.38. The third kappa shape index (κ3) is 6.54. The number of aliphatic hydroxyl groups is 4. The molecule has 3 rings (SSSR count). The Bertz CT molecular complexity index is 886. The Balaban J connectivity index is 1.64. The maximum Gasteiger partial charge on any atom is 0.117 e. The highest BCUT2D eigenvalue weighted by atomic mass is 16.3. The lowest BCUT2D eigenvalue weighted by molar-refractivity contribution is 0.0221. The van der Waals surface area contributed by atoms with Crippen LogP contribution in [0.1, 0.15) is 105 Å². The molecule has 3 fully saturated rings. The first-order valence-electron chi connectivity index (χ1n) is 14.4. The predicted molar refractivity (Wildman–Crippen MR) is 147 cm³/mol.